The highest BCUT2D eigenvalue weighted by atomic mass is 32.2. The van der Waals surface area contributed by atoms with Crippen LogP contribution in [-0.4, -0.2) is 57.5 Å². The van der Waals surface area contributed by atoms with Gasteiger partial charge in [0.1, 0.15) is 23.7 Å². The monoisotopic (exact) mass is 341 g/mol. The Labute approximate surface area is 135 Å². The molecule has 2 heterocycles. The minimum atomic E-state index is -1.29. The lowest BCUT2D eigenvalue weighted by atomic mass is 10.0. The number of esters is 1. The van der Waals surface area contributed by atoms with Gasteiger partial charge in [-0.2, -0.15) is 0 Å². The van der Waals surface area contributed by atoms with Crippen LogP contribution in [0.15, 0.2) is 23.5 Å². The number of amides is 2. The molecule has 1 saturated heterocycles. The zero-order valence-electron chi connectivity index (χ0n) is 12.2. The number of hydrogen-bond acceptors (Lipinski definition) is 7. The Kier molecular flexibility index (Phi) is 4.64. The number of rotatable bonds is 5. The van der Waals surface area contributed by atoms with Crippen molar-refractivity contribution in [3.05, 3.63) is 23.5 Å². The molecule has 2 rings (SSSR count). The SMILES string of the molecule is C=C(N)C(=O)N[C@@H]1C(=O)N2C(C(=O)O)=C(COC(C)=O)CS[C@H]12. The summed E-state index contributed by atoms with van der Waals surface area (Å²) in [5.74, 6) is -2.81. The summed E-state index contributed by atoms with van der Waals surface area (Å²) >= 11 is 1.27. The number of thioether (sulfide) groups is 1. The maximum atomic E-state index is 12.2. The topological polar surface area (TPSA) is 139 Å². The van der Waals surface area contributed by atoms with Crippen LogP contribution < -0.4 is 11.1 Å². The number of hydrogen-bond donors (Lipinski definition) is 3. The van der Waals surface area contributed by atoms with Crippen molar-refractivity contribution in [3.63, 3.8) is 0 Å². The van der Waals surface area contributed by atoms with Crippen LogP contribution in [0.5, 0.6) is 0 Å². The third kappa shape index (κ3) is 3.16. The second kappa shape index (κ2) is 6.32. The Hall–Kier alpha value is -2.49. The summed E-state index contributed by atoms with van der Waals surface area (Å²) in [6.45, 7) is 4.28. The van der Waals surface area contributed by atoms with Crippen molar-refractivity contribution < 1.29 is 29.0 Å². The number of nitrogens with two attached hydrogens (primary N) is 1. The summed E-state index contributed by atoms with van der Waals surface area (Å²) in [4.78, 5) is 47.1. The van der Waals surface area contributed by atoms with Crippen LogP contribution in [0.2, 0.25) is 0 Å². The zero-order chi connectivity index (χ0) is 17.3. The molecule has 2 aliphatic heterocycles. The van der Waals surface area contributed by atoms with Gasteiger partial charge < -0.3 is 20.9 Å². The van der Waals surface area contributed by atoms with Gasteiger partial charge in [0.15, 0.2) is 0 Å². The van der Waals surface area contributed by atoms with E-state index in [-0.39, 0.29) is 23.8 Å². The minimum Gasteiger partial charge on any atom is -0.477 e. The quantitative estimate of drug-likeness (QED) is 0.321. The minimum absolute atomic E-state index is 0.197. The first-order chi connectivity index (χ1) is 10.7. The maximum Gasteiger partial charge on any atom is 0.352 e. The zero-order valence-corrected chi connectivity index (χ0v) is 13.0. The number of carboxylic acids is 1. The number of aliphatic carboxylic acids is 1. The molecule has 1 fully saturated rings. The first-order valence-electron chi connectivity index (χ1n) is 6.52. The van der Waals surface area contributed by atoms with Crippen LogP contribution >= 0.6 is 11.8 Å². The molecule has 0 unspecified atom stereocenters. The summed E-state index contributed by atoms with van der Waals surface area (Å²) in [7, 11) is 0. The normalized spacial score (nSPS) is 22.8. The highest BCUT2D eigenvalue weighted by molar-refractivity contribution is 8.00. The van der Waals surface area contributed by atoms with E-state index in [0.717, 1.165) is 4.90 Å². The van der Waals surface area contributed by atoms with Gasteiger partial charge >= 0.3 is 11.9 Å². The molecule has 0 aliphatic carbocycles. The number of ether oxygens (including phenoxy) is 1. The molecular weight excluding hydrogens is 326 g/mol. The number of β-lactam (4-membered cyclic amide) rings is 1. The Morgan fingerprint density at radius 1 is 1.52 bits per heavy atom. The van der Waals surface area contributed by atoms with Crippen molar-refractivity contribution in [2.75, 3.05) is 12.4 Å². The fraction of sp³-hybridized carbons (Fsp3) is 0.385. The van der Waals surface area contributed by atoms with Gasteiger partial charge in [-0.05, 0) is 0 Å². The molecule has 2 amide bonds. The van der Waals surface area contributed by atoms with E-state index in [2.05, 4.69) is 11.9 Å². The number of fused-ring (bicyclic) bond motifs is 1. The molecule has 23 heavy (non-hydrogen) atoms. The number of nitrogens with one attached hydrogen (secondary N) is 1. The Morgan fingerprint density at radius 2 is 2.17 bits per heavy atom. The van der Waals surface area contributed by atoms with E-state index >= 15 is 0 Å². The molecule has 0 aromatic heterocycles. The van der Waals surface area contributed by atoms with Gasteiger partial charge in [-0.3, -0.25) is 19.3 Å². The maximum absolute atomic E-state index is 12.2. The van der Waals surface area contributed by atoms with Crippen molar-refractivity contribution in [1.29, 1.82) is 0 Å². The molecule has 9 nitrogen and oxygen atoms in total. The Balaban J connectivity index is 2.19. The average molecular weight is 341 g/mol. The smallest absolute Gasteiger partial charge is 0.352 e. The highest BCUT2D eigenvalue weighted by Gasteiger charge is 2.54. The van der Waals surface area contributed by atoms with Crippen molar-refractivity contribution in [1.82, 2.24) is 10.2 Å². The lowest BCUT2D eigenvalue weighted by molar-refractivity contribution is -0.150. The summed E-state index contributed by atoms with van der Waals surface area (Å²) < 4.78 is 4.82. The fourth-order valence-corrected chi connectivity index (χ4v) is 3.54. The summed E-state index contributed by atoms with van der Waals surface area (Å²) in [5.41, 5.74) is 5.14. The molecule has 0 aromatic rings. The molecule has 0 spiro atoms. The molecular formula is C13H15N3O6S. The van der Waals surface area contributed by atoms with Crippen LogP contribution in [0.1, 0.15) is 6.92 Å². The van der Waals surface area contributed by atoms with Gasteiger partial charge in [0, 0.05) is 18.2 Å². The molecule has 10 heteroatoms. The first kappa shape index (κ1) is 16.9. The van der Waals surface area contributed by atoms with E-state index < -0.39 is 35.2 Å². The highest BCUT2D eigenvalue weighted by Crippen LogP contribution is 2.40. The van der Waals surface area contributed by atoms with Crippen molar-refractivity contribution in [2.45, 2.75) is 18.3 Å². The summed E-state index contributed by atoms with van der Waals surface area (Å²) in [6, 6.07) is -0.863. The van der Waals surface area contributed by atoms with Crippen molar-refractivity contribution >= 4 is 35.5 Å². The Morgan fingerprint density at radius 3 is 2.70 bits per heavy atom. The van der Waals surface area contributed by atoms with Crippen LogP contribution in [0.3, 0.4) is 0 Å². The number of carbonyl (C=O) groups is 4. The van der Waals surface area contributed by atoms with Gasteiger partial charge in [-0.15, -0.1) is 11.8 Å². The van der Waals surface area contributed by atoms with Crippen molar-refractivity contribution in [3.8, 4) is 0 Å². The number of carboxylic acid groups (broad SMARTS) is 1. The van der Waals surface area contributed by atoms with Crippen LogP contribution in [0, 0.1) is 0 Å². The fourth-order valence-electron chi connectivity index (χ4n) is 2.22. The van der Waals surface area contributed by atoms with Crippen LogP contribution in [0.25, 0.3) is 0 Å². The molecule has 4 N–H and O–H groups in total. The molecule has 2 aliphatic rings. The molecule has 0 radical (unpaired) electrons. The lowest BCUT2D eigenvalue weighted by Crippen LogP contribution is -2.70. The largest absolute Gasteiger partial charge is 0.477 e. The van der Waals surface area contributed by atoms with E-state index in [0.29, 0.717) is 5.57 Å². The molecule has 0 aromatic carbocycles. The predicted octanol–water partition coefficient (Wildman–Crippen LogP) is -1.24. The molecule has 0 saturated carbocycles. The number of carbonyl (C=O) groups excluding carboxylic acids is 3. The van der Waals surface area contributed by atoms with E-state index in [1.807, 2.05) is 0 Å². The van der Waals surface area contributed by atoms with E-state index in [1.165, 1.54) is 18.7 Å². The Bertz CT molecular complexity index is 644. The van der Waals surface area contributed by atoms with Crippen molar-refractivity contribution in [2.24, 2.45) is 5.73 Å². The predicted molar refractivity (Wildman–Crippen MR) is 79.6 cm³/mol. The standard InChI is InChI=1S/C13H15N3O6S/c1-5(14)10(18)15-8-11(19)16-9(13(20)21)7(3-22-6(2)17)4-23-12(8)16/h8,12H,1,3-4,14H2,2H3,(H,15,18)(H,20,21)/t8-,12-/m1/s1. The van der Waals surface area contributed by atoms with Crippen LogP contribution in [-0.2, 0) is 23.9 Å². The second-order valence-corrected chi connectivity index (χ2v) is 6.03. The summed E-state index contributed by atoms with van der Waals surface area (Å²) in [6.07, 6.45) is 0. The second-order valence-electron chi connectivity index (χ2n) is 4.92. The van der Waals surface area contributed by atoms with Gasteiger partial charge in [0.05, 0.1) is 5.70 Å². The van der Waals surface area contributed by atoms with Gasteiger partial charge in [0.2, 0.25) is 0 Å². The van der Waals surface area contributed by atoms with E-state index in [9.17, 15) is 24.3 Å². The van der Waals surface area contributed by atoms with E-state index in [4.69, 9.17) is 10.5 Å². The third-order valence-electron chi connectivity index (χ3n) is 3.28. The van der Waals surface area contributed by atoms with Gasteiger partial charge in [-0.25, -0.2) is 4.79 Å². The summed E-state index contributed by atoms with van der Waals surface area (Å²) in [5, 5.41) is 11.2. The molecule has 2 atom stereocenters. The third-order valence-corrected chi connectivity index (χ3v) is 4.62. The molecule has 0 bridgehead atoms. The van der Waals surface area contributed by atoms with E-state index in [1.54, 1.807) is 0 Å². The van der Waals surface area contributed by atoms with Gasteiger partial charge in [-0.1, -0.05) is 6.58 Å². The van der Waals surface area contributed by atoms with Crippen LogP contribution in [0.4, 0.5) is 0 Å². The first-order valence-corrected chi connectivity index (χ1v) is 7.57. The van der Waals surface area contributed by atoms with Gasteiger partial charge in [0.25, 0.3) is 11.8 Å². The lowest BCUT2D eigenvalue weighted by Gasteiger charge is -2.49. The molecule has 124 valence electrons. The number of nitrogens with zero attached hydrogens (tertiary/aromatic N) is 1. The average Bonchev–Trinajstić information content (AvgIpc) is 2.48.